The predicted molar refractivity (Wildman–Crippen MR) is 65.2 cm³/mol. The molecule has 15 heavy (non-hydrogen) atoms. The Balaban J connectivity index is 2.00. The molecule has 0 radical (unpaired) electrons. The van der Waals surface area contributed by atoms with Gasteiger partial charge in [-0.15, -0.1) is 0 Å². The van der Waals surface area contributed by atoms with Crippen molar-refractivity contribution in [1.82, 2.24) is 5.32 Å². The Hall–Kier alpha value is -0.540. The lowest BCUT2D eigenvalue weighted by Gasteiger charge is -2.26. The summed E-state index contributed by atoms with van der Waals surface area (Å²) < 4.78 is 6.43. The third-order valence-corrected chi connectivity index (χ3v) is 3.42. The molecule has 2 nitrogen and oxygen atoms in total. The van der Waals surface area contributed by atoms with E-state index in [4.69, 9.17) is 4.74 Å². The summed E-state index contributed by atoms with van der Waals surface area (Å²) in [5.41, 5.74) is 1.22. The highest BCUT2D eigenvalue weighted by molar-refractivity contribution is 9.10. The van der Waals surface area contributed by atoms with E-state index in [9.17, 15) is 0 Å². The van der Waals surface area contributed by atoms with Crippen LogP contribution in [0.1, 0.15) is 24.8 Å². The van der Waals surface area contributed by atoms with Crippen LogP contribution in [0.25, 0.3) is 0 Å². The number of hydrogen-bond donors (Lipinski definition) is 1. The summed E-state index contributed by atoms with van der Waals surface area (Å²) >= 11 is 3.48. The van der Waals surface area contributed by atoms with Gasteiger partial charge in [0, 0.05) is 22.6 Å². The molecule has 0 heterocycles. The molecule has 82 valence electrons. The largest absolute Gasteiger partial charge is 0.496 e. The van der Waals surface area contributed by atoms with E-state index in [1.807, 2.05) is 12.1 Å². The maximum atomic E-state index is 5.32. The van der Waals surface area contributed by atoms with Gasteiger partial charge in [-0.3, -0.25) is 0 Å². The van der Waals surface area contributed by atoms with Gasteiger partial charge < -0.3 is 10.1 Å². The average Bonchev–Trinajstić information content (AvgIpc) is 2.16. The molecule has 2 rings (SSSR count). The Morgan fingerprint density at radius 2 is 2.27 bits per heavy atom. The number of benzene rings is 1. The SMILES string of the molecule is COc1ccc(Br)cc1CNC1CCC1. The molecule has 1 fully saturated rings. The molecule has 1 aromatic carbocycles. The molecule has 0 bridgehead atoms. The van der Waals surface area contributed by atoms with Gasteiger partial charge in [0.1, 0.15) is 5.75 Å². The third-order valence-electron chi connectivity index (χ3n) is 2.93. The minimum absolute atomic E-state index is 0.716. The van der Waals surface area contributed by atoms with Crippen LogP contribution < -0.4 is 10.1 Å². The first-order valence-electron chi connectivity index (χ1n) is 5.35. The van der Waals surface area contributed by atoms with E-state index in [-0.39, 0.29) is 0 Å². The van der Waals surface area contributed by atoms with Crippen molar-refractivity contribution in [2.75, 3.05) is 7.11 Å². The molecule has 0 aliphatic heterocycles. The van der Waals surface area contributed by atoms with E-state index in [1.165, 1.54) is 24.8 Å². The van der Waals surface area contributed by atoms with Crippen LogP contribution in [0.4, 0.5) is 0 Å². The molecule has 1 saturated carbocycles. The molecule has 0 atom stereocenters. The summed E-state index contributed by atoms with van der Waals surface area (Å²) in [6.45, 7) is 0.896. The molecule has 1 aromatic rings. The highest BCUT2D eigenvalue weighted by Gasteiger charge is 2.16. The minimum Gasteiger partial charge on any atom is -0.496 e. The Bertz CT molecular complexity index is 336. The molecule has 0 spiro atoms. The van der Waals surface area contributed by atoms with Crippen molar-refractivity contribution in [2.24, 2.45) is 0 Å². The van der Waals surface area contributed by atoms with Crippen LogP contribution in [0.5, 0.6) is 5.75 Å². The summed E-state index contributed by atoms with van der Waals surface area (Å²) in [4.78, 5) is 0. The standard InChI is InChI=1S/C12H16BrNO/c1-15-12-6-5-10(13)7-9(12)8-14-11-3-2-4-11/h5-7,11,14H,2-4,8H2,1H3. The van der Waals surface area contributed by atoms with Crippen LogP contribution in [0.2, 0.25) is 0 Å². The molecule has 3 heteroatoms. The van der Waals surface area contributed by atoms with Gasteiger partial charge in [-0.2, -0.15) is 0 Å². The molecule has 1 aliphatic rings. The van der Waals surface area contributed by atoms with Crippen LogP contribution in [0.15, 0.2) is 22.7 Å². The molecule has 0 unspecified atom stereocenters. The molecular formula is C12H16BrNO. The lowest BCUT2D eigenvalue weighted by molar-refractivity contribution is 0.334. The van der Waals surface area contributed by atoms with Crippen LogP contribution >= 0.6 is 15.9 Å². The second kappa shape index (κ2) is 4.99. The van der Waals surface area contributed by atoms with Crippen LogP contribution in [-0.2, 0) is 6.54 Å². The Kier molecular flexibility index (Phi) is 3.65. The number of hydrogen-bond acceptors (Lipinski definition) is 2. The zero-order chi connectivity index (χ0) is 10.7. The van der Waals surface area contributed by atoms with E-state index in [2.05, 4.69) is 27.3 Å². The van der Waals surface area contributed by atoms with Crippen LogP contribution in [0, 0.1) is 0 Å². The maximum Gasteiger partial charge on any atom is 0.123 e. The molecule has 1 aliphatic carbocycles. The fourth-order valence-electron chi connectivity index (χ4n) is 1.75. The van der Waals surface area contributed by atoms with Crippen molar-refractivity contribution in [1.29, 1.82) is 0 Å². The third kappa shape index (κ3) is 2.73. The van der Waals surface area contributed by atoms with Crippen molar-refractivity contribution in [3.63, 3.8) is 0 Å². The monoisotopic (exact) mass is 269 g/mol. The fraction of sp³-hybridized carbons (Fsp3) is 0.500. The molecule has 1 N–H and O–H groups in total. The number of rotatable bonds is 4. The quantitative estimate of drug-likeness (QED) is 0.907. The fourth-order valence-corrected chi connectivity index (χ4v) is 2.16. The zero-order valence-corrected chi connectivity index (χ0v) is 10.5. The average molecular weight is 270 g/mol. The first kappa shape index (κ1) is 11.0. The van der Waals surface area contributed by atoms with E-state index in [1.54, 1.807) is 7.11 Å². The minimum atomic E-state index is 0.716. The number of nitrogens with one attached hydrogen (secondary N) is 1. The Morgan fingerprint density at radius 3 is 2.87 bits per heavy atom. The van der Waals surface area contributed by atoms with Gasteiger partial charge in [0.2, 0.25) is 0 Å². The van der Waals surface area contributed by atoms with Gasteiger partial charge in [-0.1, -0.05) is 22.4 Å². The summed E-state index contributed by atoms with van der Waals surface area (Å²) in [5.74, 6) is 0.963. The van der Waals surface area contributed by atoms with E-state index >= 15 is 0 Å². The number of halogens is 1. The first-order chi connectivity index (χ1) is 7.29. The van der Waals surface area contributed by atoms with Crippen molar-refractivity contribution in [2.45, 2.75) is 31.8 Å². The van der Waals surface area contributed by atoms with Crippen molar-refractivity contribution in [3.05, 3.63) is 28.2 Å². The van der Waals surface area contributed by atoms with E-state index in [0.29, 0.717) is 6.04 Å². The topological polar surface area (TPSA) is 21.3 Å². The van der Waals surface area contributed by atoms with Crippen molar-refractivity contribution < 1.29 is 4.74 Å². The smallest absolute Gasteiger partial charge is 0.123 e. The number of methoxy groups -OCH3 is 1. The lowest BCUT2D eigenvalue weighted by atomic mass is 9.93. The Morgan fingerprint density at radius 1 is 1.47 bits per heavy atom. The van der Waals surface area contributed by atoms with Gasteiger partial charge in [-0.25, -0.2) is 0 Å². The van der Waals surface area contributed by atoms with E-state index < -0.39 is 0 Å². The van der Waals surface area contributed by atoms with Crippen LogP contribution in [-0.4, -0.2) is 13.2 Å². The van der Waals surface area contributed by atoms with Crippen LogP contribution in [0.3, 0.4) is 0 Å². The second-order valence-electron chi connectivity index (χ2n) is 3.96. The second-order valence-corrected chi connectivity index (χ2v) is 4.88. The number of ether oxygens (including phenoxy) is 1. The van der Waals surface area contributed by atoms with Gasteiger partial charge in [0.15, 0.2) is 0 Å². The molecule has 0 amide bonds. The predicted octanol–water partition coefficient (Wildman–Crippen LogP) is 3.10. The summed E-state index contributed by atoms with van der Waals surface area (Å²) in [6.07, 6.45) is 4.00. The Labute approximate surface area is 99.1 Å². The summed E-state index contributed by atoms with van der Waals surface area (Å²) in [5, 5.41) is 3.54. The van der Waals surface area contributed by atoms with E-state index in [0.717, 1.165) is 16.8 Å². The summed E-state index contributed by atoms with van der Waals surface area (Å²) in [6, 6.07) is 6.84. The molecule has 0 saturated heterocycles. The highest BCUT2D eigenvalue weighted by atomic mass is 79.9. The summed E-state index contributed by atoms with van der Waals surface area (Å²) in [7, 11) is 1.72. The molecular weight excluding hydrogens is 254 g/mol. The van der Waals surface area contributed by atoms with Gasteiger partial charge in [-0.05, 0) is 31.0 Å². The van der Waals surface area contributed by atoms with Gasteiger partial charge in [0.25, 0.3) is 0 Å². The highest BCUT2D eigenvalue weighted by Crippen LogP contribution is 2.24. The van der Waals surface area contributed by atoms with Gasteiger partial charge in [0.05, 0.1) is 7.11 Å². The zero-order valence-electron chi connectivity index (χ0n) is 8.92. The molecule has 0 aromatic heterocycles. The first-order valence-corrected chi connectivity index (χ1v) is 6.14. The lowest BCUT2D eigenvalue weighted by Crippen LogP contribution is -2.34. The maximum absolute atomic E-state index is 5.32. The van der Waals surface area contributed by atoms with Gasteiger partial charge >= 0.3 is 0 Å². The normalized spacial score (nSPS) is 16.1. The van der Waals surface area contributed by atoms with Crippen molar-refractivity contribution in [3.8, 4) is 5.75 Å². The van der Waals surface area contributed by atoms with Crippen molar-refractivity contribution >= 4 is 15.9 Å².